The molecule has 0 saturated heterocycles. The Morgan fingerprint density at radius 3 is 2.84 bits per heavy atom. The van der Waals surface area contributed by atoms with Gasteiger partial charge in [0.1, 0.15) is 0 Å². The monoisotopic (exact) mass is 255 g/mol. The van der Waals surface area contributed by atoms with Crippen molar-refractivity contribution >= 4 is 22.1 Å². The van der Waals surface area contributed by atoms with Crippen LogP contribution in [0.15, 0.2) is 30.6 Å². The van der Waals surface area contributed by atoms with Crippen molar-refractivity contribution < 1.29 is 0 Å². The molecule has 1 heterocycles. The first-order valence-corrected chi connectivity index (χ1v) is 7.04. The van der Waals surface area contributed by atoms with Crippen LogP contribution in [0.4, 0.5) is 11.4 Å². The van der Waals surface area contributed by atoms with Crippen molar-refractivity contribution in [2.24, 2.45) is 5.41 Å². The van der Waals surface area contributed by atoms with E-state index in [0.717, 1.165) is 28.7 Å². The first kappa shape index (κ1) is 12.3. The van der Waals surface area contributed by atoms with Crippen molar-refractivity contribution in [1.82, 2.24) is 4.98 Å². The molecule has 0 unspecified atom stereocenters. The number of pyridine rings is 1. The predicted octanol–water partition coefficient (Wildman–Crippen LogP) is 3.81. The molecule has 0 bridgehead atoms. The molecule has 1 aliphatic rings. The van der Waals surface area contributed by atoms with Crippen LogP contribution in [0.3, 0.4) is 0 Å². The van der Waals surface area contributed by atoms with Gasteiger partial charge in [-0.1, -0.05) is 25.8 Å². The van der Waals surface area contributed by atoms with E-state index in [4.69, 9.17) is 5.73 Å². The molecule has 100 valence electrons. The lowest BCUT2D eigenvalue weighted by atomic mass is 9.89. The van der Waals surface area contributed by atoms with E-state index in [1.807, 2.05) is 12.3 Å². The highest BCUT2D eigenvalue weighted by molar-refractivity contribution is 5.98. The molecule has 1 fully saturated rings. The summed E-state index contributed by atoms with van der Waals surface area (Å²) >= 11 is 0. The molecular formula is C16H21N3. The summed E-state index contributed by atoms with van der Waals surface area (Å²) in [4.78, 5) is 4.13. The average Bonchev–Trinajstić information content (AvgIpc) is 2.86. The summed E-state index contributed by atoms with van der Waals surface area (Å²) in [5.74, 6) is 0. The maximum Gasteiger partial charge on any atom is 0.0630 e. The molecule has 3 N–H and O–H groups in total. The molecule has 3 rings (SSSR count). The Labute approximate surface area is 114 Å². The van der Waals surface area contributed by atoms with Crippen LogP contribution in [0.2, 0.25) is 0 Å². The summed E-state index contributed by atoms with van der Waals surface area (Å²) < 4.78 is 0. The lowest BCUT2D eigenvalue weighted by Crippen LogP contribution is -2.23. The average molecular weight is 255 g/mol. The van der Waals surface area contributed by atoms with Crippen molar-refractivity contribution in [1.29, 1.82) is 0 Å². The number of fused-ring (bicyclic) bond motifs is 1. The summed E-state index contributed by atoms with van der Waals surface area (Å²) in [6, 6.07) is 6.13. The van der Waals surface area contributed by atoms with Crippen LogP contribution < -0.4 is 11.1 Å². The standard InChI is InChI=1S/C16H21N3/c1-16(7-2-3-8-16)11-19-14-5-4-12-10-18-9-6-13(12)15(14)17/h4-6,9-10,19H,2-3,7-8,11,17H2,1H3. The second-order valence-electron chi connectivity index (χ2n) is 5.99. The number of benzene rings is 1. The summed E-state index contributed by atoms with van der Waals surface area (Å²) in [5, 5.41) is 5.72. The van der Waals surface area contributed by atoms with Crippen molar-refractivity contribution in [3.63, 3.8) is 0 Å². The summed E-state index contributed by atoms with van der Waals surface area (Å²) in [6.07, 6.45) is 9.00. The third-order valence-electron chi connectivity index (χ3n) is 4.38. The maximum atomic E-state index is 6.26. The van der Waals surface area contributed by atoms with E-state index in [-0.39, 0.29) is 0 Å². The normalized spacial score (nSPS) is 17.7. The minimum Gasteiger partial charge on any atom is -0.397 e. The molecule has 0 aliphatic heterocycles. The van der Waals surface area contributed by atoms with Crippen molar-refractivity contribution in [2.75, 3.05) is 17.6 Å². The lowest BCUT2D eigenvalue weighted by Gasteiger charge is -2.25. The molecule has 1 saturated carbocycles. The Morgan fingerprint density at radius 1 is 1.26 bits per heavy atom. The largest absolute Gasteiger partial charge is 0.397 e. The first-order chi connectivity index (χ1) is 9.18. The van der Waals surface area contributed by atoms with Crippen LogP contribution in [-0.4, -0.2) is 11.5 Å². The van der Waals surface area contributed by atoms with Gasteiger partial charge in [-0.15, -0.1) is 0 Å². The number of nitrogens with zero attached hydrogens (tertiary/aromatic N) is 1. The number of hydrogen-bond acceptors (Lipinski definition) is 3. The van der Waals surface area contributed by atoms with Crippen LogP contribution in [0.25, 0.3) is 10.8 Å². The highest BCUT2D eigenvalue weighted by Gasteiger charge is 2.28. The molecule has 19 heavy (non-hydrogen) atoms. The fourth-order valence-electron chi connectivity index (χ4n) is 3.06. The topological polar surface area (TPSA) is 50.9 Å². The lowest BCUT2D eigenvalue weighted by molar-refractivity contribution is 0.362. The predicted molar refractivity (Wildman–Crippen MR) is 81.2 cm³/mol. The number of nitrogens with one attached hydrogen (secondary N) is 1. The van der Waals surface area contributed by atoms with Gasteiger partial charge in [-0.25, -0.2) is 0 Å². The van der Waals surface area contributed by atoms with E-state index in [9.17, 15) is 0 Å². The van der Waals surface area contributed by atoms with E-state index in [1.165, 1.54) is 25.7 Å². The zero-order valence-electron chi connectivity index (χ0n) is 11.4. The molecule has 0 amide bonds. The zero-order chi connectivity index (χ0) is 13.3. The van der Waals surface area contributed by atoms with Gasteiger partial charge in [-0.05, 0) is 30.4 Å². The smallest absolute Gasteiger partial charge is 0.0630 e. The number of nitrogen functional groups attached to an aromatic ring is 1. The third kappa shape index (κ3) is 2.37. The minimum atomic E-state index is 0.430. The molecule has 1 aromatic heterocycles. The Morgan fingerprint density at radius 2 is 2.05 bits per heavy atom. The van der Waals surface area contributed by atoms with E-state index in [2.05, 4.69) is 29.4 Å². The Balaban J connectivity index is 1.83. The van der Waals surface area contributed by atoms with Gasteiger partial charge in [0.15, 0.2) is 0 Å². The highest BCUT2D eigenvalue weighted by atomic mass is 14.9. The van der Waals surface area contributed by atoms with Gasteiger partial charge in [0.2, 0.25) is 0 Å². The van der Waals surface area contributed by atoms with E-state index >= 15 is 0 Å². The number of aromatic nitrogens is 1. The number of rotatable bonds is 3. The summed E-state index contributed by atoms with van der Waals surface area (Å²) in [7, 11) is 0. The van der Waals surface area contributed by atoms with Gasteiger partial charge in [0.25, 0.3) is 0 Å². The second-order valence-corrected chi connectivity index (χ2v) is 5.99. The fraction of sp³-hybridized carbons (Fsp3) is 0.438. The van der Waals surface area contributed by atoms with Crippen LogP contribution in [0.5, 0.6) is 0 Å². The van der Waals surface area contributed by atoms with E-state index in [0.29, 0.717) is 5.41 Å². The molecule has 1 aromatic carbocycles. The van der Waals surface area contributed by atoms with Crippen LogP contribution in [-0.2, 0) is 0 Å². The molecule has 0 spiro atoms. The highest BCUT2D eigenvalue weighted by Crippen LogP contribution is 2.38. The molecule has 3 heteroatoms. The quantitative estimate of drug-likeness (QED) is 0.820. The Kier molecular flexibility index (Phi) is 3.05. The summed E-state index contributed by atoms with van der Waals surface area (Å²) in [6.45, 7) is 3.38. The van der Waals surface area contributed by atoms with Crippen molar-refractivity contribution in [3.05, 3.63) is 30.6 Å². The van der Waals surface area contributed by atoms with Gasteiger partial charge in [0.05, 0.1) is 11.4 Å². The van der Waals surface area contributed by atoms with Gasteiger partial charge in [-0.3, -0.25) is 4.98 Å². The Bertz CT molecular complexity index is 586. The number of nitrogens with two attached hydrogens (primary N) is 1. The van der Waals surface area contributed by atoms with E-state index < -0.39 is 0 Å². The fourth-order valence-corrected chi connectivity index (χ4v) is 3.06. The Hall–Kier alpha value is -1.77. The number of anilines is 2. The SMILES string of the molecule is CC1(CNc2ccc3cnccc3c2N)CCCC1. The van der Waals surface area contributed by atoms with E-state index in [1.54, 1.807) is 6.20 Å². The molecule has 1 aliphatic carbocycles. The number of hydrogen-bond donors (Lipinski definition) is 2. The van der Waals surface area contributed by atoms with Crippen molar-refractivity contribution in [3.8, 4) is 0 Å². The second kappa shape index (κ2) is 4.72. The molecule has 0 radical (unpaired) electrons. The van der Waals surface area contributed by atoms with Gasteiger partial charge < -0.3 is 11.1 Å². The van der Waals surface area contributed by atoms with Gasteiger partial charge >= 0.3 is 0 Å². The maximum absolute atomic E-state index is 6.26. The van der Waals surface area contributed by atoms with Crippen LogP contribution in [0, 0.1) is 5.41 Å². The molecule has 3 nitrogen and oxygen atoms in total. The van der Waals surface area contributed by atoms with Gasteiger partial charge in [0, 0.05) is 29.7 Å². The zero-order valence-corrected chi connectivity index (χ0v) is 11.4. The van der Waals surface area contributed by atoms with Crippen LogP contribution in [0.1, 0.15) is 32.6 Å². The summed E-state index contributed by atoms with van der Waals surface area (Å²) in [5.41, 5.74) is 8.57. The van der Waals surface area contributed by atoms with Crippen LogP contribution >= 0.6 is 0 Å². The molecule has 2 aromatic rings. The van der Waals surface area contributed by atoms with Gasteiger partial charge in [-0.2, -0.15) is 0 Å². The molecule has 0 atom stereocenters. The minimum absolute atomic E-state index is 0.430. The first-order valence-electron chi connectivity index (χ1n) is 7.04. The third-order valence-corrected chi connectivity index (χ3v) is 4.38. The van der Waals surface area contributed by atoms with Crippen molar-refractivity contribution in [2.45, 2.75) is 32.6 Å². The molecular weight excluding hydrogens is 234 g/mol.